The lowest BCUT2D eigenvalue weighted by atomic mass is 10.0. The zero-order valence-corrected chi connectivity index (χ0v) is 36.1. The van der Waals surface area contributed by atoms with Crippen LogP contribution in [0.3, 0.4) is 0 Å². The standard InChI is InChI=1S/C44H30N4.C11H12BrNO2/c1-5-13-29(14-6-1)41-33-21-23-35(45-33)42(30-15-7-2-8-16-30)37-25-27-39(47-37)44(32-19-11-4-12-20-32)40-28-26-38(48-40)43(31-17-9-3-10-18-31)36-24-22-34(41)46-36;1-2-15-11(14)9-5-8(9)10-4-3-7(12)6-13-10/h1-28,45,48H;3-4,6,8-9H,2,5H2,1H3/t;8-,9-/m.1/s1. The van der Waals surface area contributed by atoms with E-state index in [9.17, 15) is 4.79 Å². The molecule has 6 heterocycles. The third kappa shape index (κ3) is 8.21. The SMILES string of the molecule is C1=Cc2nc1c(-c1ccccc1)c1ccc([nH]1)c(-c1ccccc1)c1nc(c(-c3ccccc3)c3ccc([nH]3)c2-c2ccccc2)C=C1.CCOC(=O)[C@@H]1C[C@H]1c1ccc(Br)cn1. The number of carbonyl (C=O) groups excluding carboxylic acids is 1. The van der Waals surface area contributed by atoms with Crippen molar-refractivity contribution in [2.24, 2.45) is 5.92 Å². The average molecular weight is 885 g/mol. The number of esters is 1. The number of carbonyl (C=O) groups is 1. The van der Waals surface area contributed by atoms with Crippen LogP contribution in [0.4, 0.5) is 0 Å². The van der Waals surface area contributed by atoms with Gasteiger partial charge in [0.25, 0.3) is 0 Å². The molecule has 2 aliphatic heterocycles. The summed E-state index contributed by atoms with van der Waals surface area (Å²) in [6.45, 7) is 2.28. The molecule has 0 unspecified atom stereocenters. The van der Waals surface area contributed by atoms with Gasteiger partial charge in [-0.05, 0) is 112 Å². The van der Waals surface area contributed by atoms with Gasteiger partial charge in [-0.1, -0.05) is 121 Å². The first kappa shape index (κ1) is 39.7. The topological polar surface area (TPSA) is 96.5 Å². The minimum Gasteiger partial charge on any atom is -0.466 e. The first-order valence-corrected chi connectivity index (χ1v) is 22.0. The largest absolute Gasteiger partial charge is 0.466 e. The van der Waals surface area contributed by atoms with Gasteiger partial charge in [0.05, 0.1) is 35.3 Å². The fraction of sp³-hybridized carbons (Fsp3) is 0.0909. The highest BCUT2D eigenvalue weighted by Gasteiger charge is 2.46. The van der Waals surface area contributed by atoms with E-state index in [0.717, 1.165) is 106 Å². The number of aromatic nitrogens is 5. The van der Waals surface area contributed by atoms with Gasteiger partial charge in [-0.15, -0.1) is 0 Å². The molecule has 7 nitrogen and oxygen atoms in total. The number of pyridine rings is 1. The summed E-state index contributed by atoms with van der Waals surface area (Å²) in [4.78, 5) is 34.0. The Morgan fingerprint density at radius 2 is 0.905 bits per heavy atom. The quantitative estimate of drug-likeness (QED) is 0.155. The molecule has 63 heavy (non-hydrogen) atoms. The lowest BCUT2D eigenvalue weighted by Crippen LogP contribution is -2.07. The van der Waals surface area contributed by atoms with E-state index in [4.69, 9.17) is 14.7 Å². The summed E-state index contributed by atoms with van der Waals surface area (Å²) >= 11 is 3.33. The molecule has 4 aromatic heterocycles. The van der Waals surface area contributed by atoms with Crippen LogP contribution in [-0.2, 0) is 9.53 Å². The summed E-state index contributed by atoms with van der Waals surface area (Å²) in [5.41, 5.74) is 17.1. The number of hydrogen-bond acceptors (Lipinski definition) is 5. The number of nitrogens with zero attached hydrogens (tertiary/aromatic N) is 3. The smallest absolute Gasteiger partial charge is 0.309 e. The van der Waals surface area contributed by atoms with E-state index < -0.39 is 0 Å². The number of rotatable bonds is 7. The Labute approximate surface area is 374 Å². The summed E-state index contributed by atoms with van der Waals surface area (Å²) in [5, 5.41) is 0. The minimum atomic E-state index is -0.0905. The van der Waals surface area contributed by atoms with Crippen molar-refractivity contribution in [3.8, 4) is 44.5 Å². The summed E-state index contributed by atoms with van der Waals surface area (Å²) < 4.78 is 5.92. The molecule has 2 atom stereocenters. The van der Waals surface area contributed by atoms with E-state index in [1.165, 1.54) is 0 Å². The number of H-pyrrole nitrogens is 2. The second-order valence-electron chi connectivity index (χ2n) is 15.6. The number of nitrogens with one attached hydrogen (secondary N) is 2. The second-order valence-corrected chi connectivity index (χ2v) is 16.5. The van der Waals surface area contributed by atoms with Crippen molar-refractivity contribution in [3.63, 3.8) is 0 Å². The van der Waals surface area contributed by atoms with Crippen LogP contribution in [0.25, 0.3) is 90.9 Å². The lowest BCUT2D eigenvalue weighted by Gasteiger charge is -2.07. The Morgan fingerprint density at radius 1 is 0.540 bits per heavy atom. The van der Waals surface area contributed by atoms with Crippen molar-refractivity contribution in [2.75, 3.05) is 6.61 Å². The van der Waals surface area contributed by atoms with Crippen LogP contribution in [0, 0.1) is 5.92 Å². The molecule has 1 fully saturated rings. The van der Waals surface area contributed by atoms with E-state index in [0.29, 0.717) is 6.61 Å². The van der Waals surface area contributed by atoms with Crippen molar-refractivity contribution in [1.29, 1.82) is 0 Å². The highest BCUT2D eigenvalue weighted by Crippen LogP contribution is 2.47. The highest BCUT2D eigenvalue weighted by atomic mass is 79.9. The van der Waals surface area contributed by atoms with Gasteiger partial charge in [0.1, 0.15) is 0 Å². The molecule has 0 spiro atoms. The van der Waals surface area contributed by atoms with Crippen LogP contribution in [0.1, 0.15) is 47.7 Å². The molecular formula is C55H42BrN5O2. The zero-order valence-electron chi connectivity index (χ0n) is 34.5. The van der Waals surface area contributed by atoms with Crippen molar-refractivity contribution in [2.45, 2.75) is 19.3 Å². The number of aromatic amines is 2. The van der Waals surface area contributed by atoms with Gasteiger partial charge in [0, 0.05) is 66.6 Å². The van der Waals surface area contributed by atoms with Crippen molar-refractivity contribution in [3.05, 3.63) is 197 Å². The first-order valence-electron chi connectivity index (χ1n) is 21.2. The Balaban J connectivity index is 0.000000266. The lowest BCUT2D eigenvalue weighted by molar-refractivity contribution is -0.144. The summed E-state index contributed by atoms with van der Waals surface area (Å²) in [5.74, 6) is 0.197. The highest BCUT2D eigenvalue weighted by molar-refractivity contribution is 9.10. The predicted molar refractivity (Wildman–Crippen MR) is 260 cm³/mol. The molecule has 0 amide bonds. The molecule has 8 bridgehead atoms. The van der Waals surface area contributed by atoms with E-state index in [1.807, 2.05) is 43.3 Å². The number of halogens is 1. The Morgan fingerprint density at radius 3 is 1.22 bits per heavy atom. The van der Waals surface area contributed by atoms with Crippen LogP contribution in [0.2, 0.25) is 0 Å². The van der Waals surface area contributed by atoms with E-state index >= 15 is 0 Å². The van der Waals surface area contributed by atoms with Crippen molar-refractivity contribution < 1.29 is 9.53 Å². The Kier molecular flexibility index (Phi) is 11.0. The van der Waals surface area contributed by atoms with Crippen LogP contribution >= 0.6 is 15.9 Å². The van der Waals surface area contributed by atoms with Gasteiger partial charge < -0.3 is 14.7 Å². The van der Waals surface area contributed by atoms with Gasteiger partial charge in [-0.3, -0.25) is 9.78 Å². The molecular weight excluding hydrogens is 843 g/mol. The molecule has 0 saturated heterocycles. The van der Waals surface area contributed by atoms with Crippen LogP contribution in [-0.4, -0.2) is 37.5 Å². The van der Waals surface area contributed by atoms with Crippen LogP contribution < -0.4 is 0 Å². The van der Waals surface area contributed by atoms with Gasteiger partial charge in [0.2, 0.25) is 0 Å². The van der Waals surface area contributed by atoms with E-state index in [-0.39, 0.29) is 17.8 Å². The maximum Gasteiger partial charge on any atom is 0.309 e. The van der Waals surface area contributed by atoms with Gasteiger partial charge in [0.15, 0.2) is 0 Å². The number of benzene rings is 4. The van der Waals surface area contributed by atoms with Gasteiger partial charge in [-0.2, -0.15) is 0 Å². The molecule has 1 saturated carbocycles. The number of hydrogen-bond donors (Lipinski definition) is 2. The first-order chi connectivity index (χ1) is 31.0. The zero-order chi connectivity index (χ0) is 42.7. The Bertz CT molecular complexity index is 2830. The van der Waals surface area contributed by atoms with E-state index in [1.54, 1.807) is 6.20 Å². The summed E-state index contributed by atoms with van der Waals surface area (Å²) in [7, 11) is 0. The predicted octanol–water partition coefficient (Wildman–Crippen LogP) is 13.8. The molecule has 8 heteroatoms. The molecule has 0 radical (unpaired) electrons. The van der Waals surface area contributed by atoms with Crippen LogP contribution in [0.5, 0.6) is 0 Å². The fourth-order valence-electron chi connectivity index (χ4n) is 8.48. The van der Waals surface area contributed by atoms with Crippen molar-refractivity contribution >= 4 is 68.3 Å². The maximum atomic E-state index is 11.4. The molecule has 306 valence electrons. The molecule has 2 N–H and O–H groups in total. The molecule has 4 aromatic carbocycles. The number of fused-ring (bicyclic) bond motifs is 8. The normalized spacial score (nSPS) is 14.8. The third-order valence-corrected chi connectivity index (χ3v) is 12.0. The molecule has 11 rings (SSSR count). The average Bonchev–Trinajstić information content (AvgIpc) is 3.81. The number of ether oxygens (including phenoxy) is 1. The second kappa shape index (κ2) is 17.5. The van der Waals surface area contributed by atoms with E-state index in [2.05, 4.69) is 177 Å². The monoisotopic (exact) mass is 883 g/mol. The minimum absolute atomic E-state index is 0.0265. The third-order valence-electron chi connectivity index (χ3n) is 11.5. The van der Waals surface area contributed by atoms with Gasteiger partial charge in [-0.25, -0.2) is 9.97 Å². The van der Waals surface area contributed by atoms with Crippen LogP contribution in [0.15, 0.2) is 168 Å². The molecule has 8 aromatic rings. The Hall–Kier alpha value is -7.42. The van der Waals surface area contributed by atoms with Crippen molar-refractivity contribution in [1.82, 2.24) is 24.9 Å². The fourth-order valence-corrected chi connectivity index (χ4v) is 8.71. The summed E-state index contributed by atoms with van der Waals surface area (Å²) in [6.07, 6.45) is 11.2. The van der Waals surface area contributed by atoms with Gasteiger partial charge >= 0.3 is 5.97 Å². The summed E-state index contributed by atoms with van der Waals surface area (Å²) in [6, 6.07) is 54.6. The molecule has 3 aliphatic rings. The molecule has 1 aliphatic carbocycles. The maximum absolute atomic E-state index is 11.4.